The number of benzene rings is 1. The number of carboxylic acid groups (broad SMARTS) is 1. The number of carboxylic acids is 1. The molecule has 2 amide bonds. The number of aromatic nitrogens is 3. The van der Waals surface area contributed by atoms with E-state index in [-0.39, 0.29) is 29.5 Å². The monoisotopic (exact) mass is 519 g/mol. The predicted octanol–water partition coefficient (Wildman–Crippen LogP) is -1.05. The van der Waals surface area contributed by atoms with E-state index in [9.17, 15) is 19.5 Å². The molecule has 3 aromatic rings. The summed E-state index contributed by atoms with van der Waals surface area (Å²) in [5.74, 6) is -2.35. The SMILES string of the molecule is CO/N=C(\C(=O)NC1C(=O)N2C(C(=O)[O-])=C(C[n+]3ccc4ccccc4c3)CS[C@H]12)c1cnc(N)nc1. The summed E-state index contributed by atoms with van der Waals surface area (Å²) in [7, 11) is 1.27. The molecule has 2 aromatic heterocycles. The molecule has 0 aliphatic carbocycles. The largest absolute Gasteiger partial charge is 0.543 e. The minimum absolute atomic E-state index is 0.0172. The third kappa shape index (κ3) is 4.56. The molecule has 1 fully saturated rings. The molecule has 2 aliphatic heterocycles. The van der Waals surface area contributed by atoms with Gasteiger partial charge in [0, 0.05) is 40.7 Å². The van der Waals surface area contributed by atoms with E-state index < -0.39 is 29.2 Å². The van der Waals surface area contributed by atoms with Crippen LogP contribution < -0.4 is 20.7 Å². The van der Waals surface area contributed by atoms with Gasteiger partial charge in [0.2, 0.25) is 5.95 Å². The van der Waals surface area contributed by atoms with Gasteiger partial charge in [0.05, 0.1) is 11.7 Å². The fourth-order valence-corrected chi connectivity index (χ4v) is 5.61. The van der Waals surface area contributed by atoms with Crippen LogP contribution in [0.3, 0.4) is 0 Å². The van der Waals surface area contributed by atoms with Crippen molar-refractivity contribution in [1.82, 2.24) is 20.2 Å². The maximum atomic E-state index is 13.0. The molecule has 5 rings (SSSR count). The third-order valence-corrected chi connectivity index (χ3v) is 7.33. The number of nitrogens with one attached hydrogen (secondary N) is 1. The van der Waals surface area contributed by atoms with Crippen LogP contribution in [0.25, 0.3) is 10.8 Å². The number of rotatable bonds is 7. The normalized spacial score (nSPS) is 19.3. The molecule has 188 valence electrons. The van der Waals surface area contributed by atoms with E-state index in [4.69, 9.17) is 10.6 Å². The Hall–Kier alpha value is -4.52. The number of hydrogen-bond donors (Lipinski definition) is 2. The number of nitrogens with zero attached hydrogens (tertiary/aromatic N) is 5. The lowest BCUT2D eigenvalue weighted by Crippen LogP contribution is -2.71. The smallest absolute Gasteiger partial charge is 0.274 e. The van der Waals surface area contributed by atoms with Gasteiger partial charge in [-0.05, 0) is 11.5 Å². The Labute approximate surface area is 214 Å². The molecule has 13 heteroatoms. The highest BCUT2D eigenvalue weighted by Crippen LogP contribution is 2.40. The zero-order chi connectivity index (χ0) is 26.1. The molecule has 12 nitrogen and oxygen atoms in total. The molecule has 4 heterocycles. The minimum Gasteiger partial charge on any atom is -0.543 e. The topological polar surface area (TPSA) is 167 Å². The van der Waals surface area contributed by atoms with E-state index in [1.54, 1.807) is 0 Å². The average molecular weight is 520 g/mol. The lowest BCUT2D eigenvalue weighted by molar-refractivity contribution is -0.687. The van der Waals surface area contributed by atoms with Gasteiger partial charge < -0.3 is 25.8 Å². The van der Waals surface area contributed by atoms with E-state index in [0.717, 1.165) is 10.8 Å². The number of nitrogen functional groups attached to an aromatic ring is 1. The van der Waals surface area contributed by atoms with Crippen molar-refractivity contribution in [2.45, 2.75) is 18.0 Å². The second-order valence-corrected chi connectivity index (χ2v) is 9.40. The number of aliphatic carboxylic acids is 1. The second-order valence-electron chi connectivity index (χ2n) is 8.30. The van der Waals surface area contributed by atoms with Crippen molar-refractivity contribution in [3.8, 4) is 0 Å². The maximum absolute atomic E-state index is 13.0. The van der Waals surface area contributed by atoms with Crippen LogP contribution in [0.4, 0.5) is 5.95 Å². The van der Waals surface area contributed by atoms with Gasteiger partial charge in [0.25, 0.3) is 11.8 Å². The Morgan fingerprint density at radius 2 is 2.00 bits per heavy atom. The third-order valence-electron chi connectivity index (χ3n) is 5.99. The predicted molar refractivity (Wildman–Crippen MR) is 131 cm³/mol. The number of oxime groups is 1. The number of carbonyl (C=O) groups is 3. The quantitative estimate of drug-likeness (QED) is 0.171. The Bertz CT molecular complexity index is 1470. The molecule has 1 saturated heterocycles. The Morgan fingerprint density at radius 3 is 2.70 bits per heavy atom. The maximum Gasteiger partial charge on any atom is 0.274 e. The van der Waals surface area contributed by atoms with Crippen LogP contribution in [-0.2, 0) is 25.8 Å². The van der Waals surface area contributed by atoms with Crippen LogP contribution >= 0.6 is 11.8 Å². The first-order chi connectivity index (χ1) is 17.9. The summed E-state index contributed by atoms with van der Waals surface area (Å²) in [6.45, 7) is 0.274. The van der Waals surface area contributed by atoms with Crippen molar-refractivity contribution in [2.75, 3.05) is 18.6 Å². The van der Waals surface area contributed by atoms with Crippen LogP contribution in [0.1, 0.15) is 5.56 Å². The highest BCUT2D eigenvalue weighted by atomic mass is 32.2. The molecule has 1 unspecified atom stereocenters. The first kappa shape index (κ1) is 24.2. The number of amides is 2. The van der Waals surface area contributed by atoms with Crippen LogP contribution in [0.15, 0.2) is 71.5 Å². The number of hydrogen-bond acceptors (Lipinski definition) is 10. The van der Waals surface area contributed by atoms with E-state index in [1.165, 1.54) is 36.2 Å². The van der Waals surface area contributed by atoms with E-state index in [2.05, 4.69) is 20.4 Å². The van der Waals surface area contributed by atoms with Gasteiger partial charge in [-0.15, -0.1) is 11.8 Å². The minimum atomic E-state index is -1.44. The number of anilines is 1. The van der Waals surface area contributed by atoms with Crippen molar-refractivity contribution in [1.29, 1.82) is 0 Å². The van der Waals surface area contributed by atoms with Crippen molar-refractivity contribution < 1.29 is 28.9 Å². The number of pyridine rings is 1. The highest BCUT2D eigenvalue weighted by molar-refractivity contribution is 8.00. The van der Waals surface area contributed by atoms with Gasteiger partial charge in [-0.2, -0.15) is 0 Å². The average Bonchev–Trinajstić information content (AvgIpc) is 2.90. The summed E-state index contributed by atoms with van der Waals surface area (Å²) in [4.78, 5) is 51.7. The summed E-state index contributed by atoms with van der Waals surface area (Å²) in [5, 5.41) is 19.9. The number of nitrogens with two attached hydrogens (primary N) is 1. The van der Waals surface area contributed by atoms with E-state index >= 15 is 0 Å². The van der Waals surface area contributed by atoms with Crippen LogP contribution in [0.5, 0.6) is 0 Å². The summed E-state index contributed by atoms with van der Waals surface area (Å²) >= 11 is 1.36. The van der Waals surface area contributed by atoms with Crippen molar-refractivity contribution >= 4 is 52.0 Å². The van der Waals surface area contributed by atoms with Crippen LogP contribution in [0.2, 0.25) is 0 Å². The molecule has 0 spiro atoms. The fourth-order valence-electron chi connectivity index (χ4n) is 4.28. The van der Waals surface area contributed by atoms with E-state index in [1.807, 2.05) is 47.3 Å². The zero-order valence-corrected chi connectivity index (χ0v) is 20.3. The van der Waals surface area contributed by atoms with Gasteiger partial charge >= 0.3 is 0 Å². The number of carbonyl (C=O) groups excluding carboxylic acids is 3. The lowest BCUT2D eigenvalue weighted by atomic mass is 10.0. The first-order valence-corrected chi connectivity index (χ1v) is 12.2. The summed E-state index contributed by atoms with van der Waals surface area (Å²) in [6, 6.07) is 8.81. The molecule has 37 heavy (non-hydrogen) atoms. The molecule has 0 saturated carbocycles. The van der Waals surface area contributed by atoms with Crippen molar-refractivity contribution in [3.05, 3.63) is 72.0 Å². The fraction of sp³-hybridized carbons (Fsp3) is 0.208. The zero-order valence-electron chi connectivity index (χ0n) is 19.5. The first-order valence-electron chi connectivity index (χ1n) is 11.1. The molecule has 0 bridgehead atoms. The highest BCUT2D eigenvalue weighted by Gasteiger charge is 2.53. The molecular formula is C24H21N7O5S. The summed E-state index contributed by atoms with van der Waals surface area (Å²) in [6.07, 6.45) is 6.39. The summed E-state index contributed by atoms with van der Waals surface area (Å²) < 4.78 is 1.87. The van der Waals surface area contributed by atoms with Crippen LogP contribution in [-0.4, -0.2) is 62.6 Å². The standard InChI is InChI=1S/C24H21N7O5S/c1-36-29-17(15-8-26-24(25)27-9-15)20(32)28-18-21(33)31-19(23(34)35)16(12-37-22(18)31)11-30-7-6-13-4-2-3-5-14(13)10-30/h2-10,18,22H,11-12H2,1H3,(H3-,25,26,27,28,29,32,34,35)/t18?,22-/m1/s1. The number of fused-ring (bicyclic) bond motifs is 2. The summed E-state index contributed by atoms with van der Waals surface area (Å²) in [5.41, 5.74) is 5.95. The van der Waals surface area contributed by atoms with Crippen molar-refractivity contribution in [3.63, 3.8) is 0 Å². The number of β-lactam (4-membered cyclic amide) rings is 1. The number of thioether (sulfide) groups is 1. The van der Waals surface area contributed by atoms with Gasteiger partial charge in [-0.3, -0.25) is 14.5 Å². The van der Waals surface area contributed by atoms with Gasteiger partial charge in [-0.1, -0.05) is 23.4 Å². The molecule has 1 aromatic carbocycles. The van der Waals surface area contributed by atoms with Crippen molar-refractivity contribution in [2.24, 2.45) is 5.16 Å². The Balaban J connectivity index is 1.36. The molecule has 3 N–H and O–H groups in total. The molecule has 2 atom stereocenters. The molecule has 0 radical (unpaired) electrons. The molecule has 2 aliphatic rings. The van der Waals surface area contributed by atoms with Gasteiger partial charge in [0.1, 0.15) is 18.5 Å². The lowest BCUT2D eigenvalue weighted by Gasteiger charge is -2.50. The Kier molecular flexibility index (Phi) is 6.44. The second kappa shape index (κ2) is 9.85. The van der Waals surface area contributed by atoms with Crippen LogP contribution in [0, 0.1) is 0 Å². The van der Waals surface area contributed by atoms with E-state index in [0.29, 0.717) is 11.3 Å². The molecular weight excluding hydrogens is 498 g/mol. The Morgan fingerprint density at radius 1 is 1.27 bits per heavy atom. The van der Waals surface area contributed by atoms with Gasteiger partial charge in [0.15, 0.2) is 24.7 Å². The van der Waals surface area contributed by atoms with Gasteiger partial charge in [-0.25, -0.2) is 14.5 Å².